The number of amides is 1. The van der Waals surface area contributed by atoms with Gasteiger partial charge in [-0.3, -0.25) is 28.1 Å². The van der Waals surface area contributed by atoms with Crippen LogP contribution in [-0.4, -0.2) is 86.2 Å². The Labute approximate surface area is 387 Å². The van der Waals surface area contributed by atoms with Gasteiger partial charge in [-0.15, -0.1) is 0 Å². The average molecular weight is 925 g/mol. The lowest BCUT2D eigenvalue weighted by Gasteiger charge is -2.35. The Morgan fingerprint density at radius 1 is 0.926 bits per heavy atom. The molecule has 1 amide bonds. The number of carbonyl (C=O) groups excluding carboxylic acids is 1. The Morgan fingerprint density at radius 2 is 1.71 bits per heavy atom. The number of rotatable bonds is 8. The van der Waals surface area contributed by atoms with Gasteiger partial charge < -0.3 is 18.9 Å². The number of hydrogen-bond donors (Lipinski definition) is 1. The van der Waals surface area contributed by atoms with Crippen molar-refractivity contribution in [1.82, 2.24) is 48.3 Å². The maximum Gasteiger partial charge on any atom is 0.438 e. The van der Waals surface area contributed by atoms with Crippen LogP contribution in [-0.2, 0) is 21.4 Å². The van der Waals surface area contributed by atoms with Gasteiger partial charge in [0.05, 0.1) is 58.5 Å². The molecule has 0 radical (unpaired) electrons. The minimum atomic E-state index is -0.822. The number of hydrogen-bond acceptors (Lipinski definition) is 9. The zero-order chi connectivity index (χ0) is 47.0. The second kappa shape index (κ2) is 15.3. The Morgan fingerprint density at radius 3 is 2.43 bits per heavy atom. The Kier molecular flexibility index (Phi) is 9.55. The molecule has 1 aliphatic carbocycles. The van der Waals surface area contributed by atoms with Crippen molar-refractivity contribution >= 4 is 27.7 Å². The van der Waals surface area contributed by atoms with Gasteiger partial charge in [0.15, 0.2) is 11.6 Å². The van der Waals surface area contributed by atoms with E-state index >= 15 is 13.6 Å². The van der Waals surface area contributed by atoms with Crippen molar-refractivity contribution in [2.75, 3.05) is 26.4 Å². The van der Waals surface area contributed by atoms with E-state index in [0.717, 1.165) is 35.7 Å². The van der Waals surface area contributed by atoms with Gasteiger partial charge in [0.25, 0.3) is 5.91 Å². The van der Waals surface area contributed by atoms with E-state index in [4.69, 9.17) is 19.1 Å². The third-order valence-electron chi connectivity index (χ3n) is 14.8. The summed E-state index contributed by atoms with van der Waals surface area (Å²) in [6.45, 7) is 11.5. The number of aromatic amines is 1. The molecule has 68 heavy (non-hydrogen) atoms. The van der Waals surface area contributed by atoms with Crippen molar-refractivity contribution in [2.24, 2.45) is 0 Å². The summed E-state index contributed by atoms with van der Waals surface area (Å²) in [5.74, 6) is -0.918. The molecule has 5 aromatic heterocycles. The van der Waals surface area contributed by atoms with E-state index in [0.29, 0.717) is 96.6 Å². The minimum absolute atomic E-state index is 0.0137. The average Bonchev–Trinajstić information content (AvgIpc) is 4.02. The van der Waals surface area contributed by atoms with Crippen molar-refractivity contribution in [3.8, 4) is 17.2 Å². The molecule has 2 saturated heterocycles. The highest BCUT2D eigenvalue weighted by Gasteiger charge is 2.52. The number of H-pyrrole nitrogens is 1. The molecular formula is C50H50F2N10O6. The molecule has 350 valence electrons. The van der Waals surface area contributed by atoms with Crippen LogP contribution in [0.4, 0.5) is 8.78 Å². The molecule has 0 bridgehead atoms. The molecule has 3 fully saturated rings. The Hall–Kier alpha value is -6.92. The molecule has 1 saturated carbocycles. The van der Waals surface area contributed by atoms with Gasteiger partial charge >= 0.3 is 11.4 Å². The van der Waals surface area contributed by atoms with Gasteiger partial charge in [-0.1, -0.05) is 11.2 Å². The van der Waals surface area contributed by atoms with Crippen LogP contribution in [0.1, 0.15) is 115 Å². The maximum atomic E-state index is 16.6. The highest BCUT2D eigenvalue weighted by molar-refractivity contribution is 6.00. The first kappa shape index (κ1) is 42.4. The van der Waals surface area contributed by atoms with Gasteiger partial charge in [-0.2, -0.15) is 10.2 Å². The fourth-order valence-corrected chi connectivity index (χ4v) is 11.3. The van der Waals surface area contributed by atoms with E-state index < -0.39 is 28.8 Å². The van der Waals surface area contributed by atoms with Gasteiger partial charge in [0.1, 0.15) is 22.9 Å². The van der Waals surface area contributed by atoms with E-state index in [2.05, 4.69) is 47.3 Å². The first-order valence-electron chi connectivity index (χ1n) is 23.3. The maximum absolute atomic E-state index is 16.6. The lowest BCUT2D eigenvalue weighted by molar-refractivity contribution is -0.0592. The monoisotopic (exact) mass is 924 g/mol. The van der Waals surface area contributed by atoms with Crippen molar-refractivity contribution in [3.63, 3.8) is 0 Å². The molecule has 0 spiro atoms. The number of ether oxygens (including phenoxy) is 2. The molecule has 4 aliphatic rings. The predicted octanol–water partition coefficient (Wildman–Crippen LogP) is 7.62. The summed E-state index contributed by atoms with van der Waals surface area (Å²) >= 11 is 0. The van der Waals surface area contributed by atoms with E-state index in [-0.39, 0.29) is 40.4 Å². The minimum Gasteiger partial charge on any atom is -0.379 e. The summed E-state index contributed by atoms with van der Waals surface area (Å²) in [7, 11) is 0. The standard InChI is InChI=1S/C50H50F2N10O6/c1-27-20-34(21-28(2)42(27)51)62-44(59-17-16-58(48(59)65)39-9-8-38-35(43(39)52)25-53-61(38)33-12-18-66-26-33)41-29(3)57(15-10-36(41)55-62)45(63)40-23-32-22-30(31-11-19-67-49(4,5)24-31)6-7-37(32)60(40)50(13-14-50)46-54-47(64)68-56-46/h6-9,16-17,20-23,25,29,31,33H,10-15,18-19,24,26H2,1-5H3,(H,54,56,64)/t29-,31?,33?/m0/s1. The summed E-state index contributed by atoms with van der Waals surface area (Å²) < 4.78 is 56.5. The van der Waals surface area contributed by atoms with E-state index in [1.54, 1.807) is 58.6 Å². The number of imidazole rings is 1. The number of nitrogens with zero attached hydrogens (tertiary/aromatic N) is 9. The molecule has 2 unspecified atom stereocenters. The van der Waals surface area contributed by atoms with Crippen LogP contribution in [0.25, 0.3) is 39.0 Å². The largest absolute Gasteiger partial charge is 0.438 e. The van der Waals surface area contributed by atoms with Crippen LogP contribution in [0.15, 0.2) is 81.2 Å². The number of fused-ring (bicyclic) bond motifs is 3. The fourth-order valence-electron chi connectivity index (χ4n) is 11.3. The molecule has 1 N–H and O–H groups in total. The summed E-state index contributed by atoms with van der Waals surface area (Å²) in [6, 6.07) is 14.3. The normalized spacial score (nSPS) is 21.0. The highest BCUT2D eigenvalue weighted by atomic mass is 19.1. The number of aryl methyl sites for hydroxylation is 2. The number of halogens is 2. The second-order valence-electron chi connectivity index (χ2n) is 19.6. The Balaban J connectivity index is 0.979. The quantitative estimate of drug-likeness (QED) is 0.161. The van der Waals surface area contributed by atoms with Crippen LogP contribution in [0.5, 0.6) is 0 Å². The summed E-state index contributed by atoms with van der Waals surface area (Å²) in [4.78, 5) is 47.3. The molecule has 12 rings (SSSR count). The molecular weight excluding hydrogens is 875 g/mol. The molecule has 3 atom stereocenters. The summed E-state index contributed by atoms with van der Waals surface area (Å²) in [6.07, 6.45) is 8.64. The first-order chi connectivity index (χ1) is 32.7. The molecule has 3 aromatic carbocycles. The van der Waals surface area contributed by atoms with Crippen LogP contribution < -0.4 is 11.4 Å². The van der Waals surface area contributed by atoms with Gasteiger partial charge in [-0.25, -0.2) is 23.1 Å². The van der Waals surface area contributed by atoms with Gasteiger partial charge in [-0.05, 0) is 132 Å². The lowest BCUT2D eigenvalue weighted by Crippen LogP contribution is -2.41. The number of nitrogens with one attached hydrogen (secondary N) is 1. The van der Waals surface area contributed by atoms with Crippen LogP contribution in [0.2, 0.25) is 0 Å². The van der Waals surface area contributed by atoms with Gasteiger partial charge in [0.2, 0.25) is 0 Å². The van der Waals surface area contributed by atoms with E-state index in [1.165, 1.54) is 21.5 Å². The van der Waals surface area contributed by atoms with E-state index in [9.17, 15) is 9.59 Å². The zero-order valence-corrected chi connectivity index (χ0v) is 38.4. The molecule has 3 aliphatic heterocycles. The Bertz CT molecular complexity index is 3460. The van der Waals surface area contributed by atoms with Crippen LogP contribution >= 0.6 is 0 Å². The van der Waals surface area contributed by atoms with Crippen molar-refractivity contribution < 1.29 is 27.6 Å². The lowest BCUT2D eigenvalue weighted by atomic mass is 9.83. The van der Waals surface area contributed by atoms with E-state index in [1.807, 2.05) is 17.6 Å². The van der Waals surface area contributed by atoms with Crippen LogP contribution in [0, 0.1) is 25.5 Å². The third-order valence-corrected chi connectivity index (χ3v) is 14.8. The number of benzene rings is 3. The van der Waals surface area contributed by atoms with Crippen molar-refractivity contribution in [1.29, 1.82) is 0 Å². The van der Waals surface area contributed by atoms with Gasteiger partial charge in [0, 0.05) is 55.0 Å². The summed E-state index contributed by atoms with van der Waals surface area (Å²) in [5.41, 5.74) is 3.98. The topological polar surface area (TPSA) is 165 Å². The SMILES string of the molecule is Cc1cc(-n2nc3c(c2-n2ccn(-c4ccc5c(cnn5C5CCOC5)c4F)c2=O)[C@H](C)N(C(=O)c2cc4cc(C5CCOC(C)(C)C5)ccc4n2C2(c4noc(=O)[nH]4)CC2)CC3)cc(C)c1F. The summed E-state index contributed by atoms with van der Waals surface area (Å²) in [5, 5.41) is 14.9. The zero-order valence-electron chi connectivity index (χ0n) is 38.4. The third kappa shape index (κ3) is 6.50. The molecule has 16 nitrogen and oxygen atoms in total. The molecule has 18 heteroatoms. The van der Waals surface area contributed by atoms with Crippen molar-refractivity contribution in [2.45, 2.75) is 102 Å². The second-order valence-corrected chi connectivity index (χ2v) is 19.6. The number of aromatic nitrogens is 9. The molecule has 8 aromatic rings. The molecule has 8 heterocycles. The smallest absolute Gasteiger partial charge is 0.379 e. The first-order valence-corrected chi connectivity index (χ1v) is 23.3. The fraction of sp³-hybridized carbons (Fsp3) is 0.400. The highest BCUT2D eigenvalue weighted by Crippen LogP contribution is 2.51. The predicted molar refractivity (Wildman–Crippen MR) is 246 cm³/mol. The van der Waals surface area contributed by atoms with Crippen LogP contribution in [0.3, 0.4) is 0 Å². The number of carbonyl (C=O) groups is 1. The van der Waals surface area contributed by atoms with Crippen molar-refractivity contribution in [3.05, 3.63) is 139 Å².